The van der Waals surface area contributed by atoms with Crippen molar-refractivity contribution in [2.45, 2.75) is 0 Å². The molecule has 0 amide bonds. The van der Waals surface area contributed by atoms with Gasteiger partial charge in [0.2, 0.25) is 0 Å². The van der Waals surface area contributed by atoms with Gasteiger partial charge in [0.1, 0.15) is 215 Å². The molecule has 252 valence electrons. The Morgan fingerprint density at radius 3 is 0.667 bits per heavy atom. The molecule has 0 saturated carbocycles. The number of hydrogen-bond acceptors (Lipinski definition) is 1. The molecule has 9 rings (SSSR count). The summed E-state index contributed by atoms with van der Waals surface area (Å²) >= 11 is 0. The predicted octanol–water partition coefficient (Wildman–Crippen LogP) is -19.3. The largest absolute Gasteiger partial charge is 0.457 e. The van der Waals surface area contributed by atoms with Crippen LogP contribution in [0.4, 0.5) is 0 Å². The zero-order valence-electron chi connectivity index (χ0n) is 36.4. The third-order valence-corrected chi connectivity index (χ3v) is 13.4. The van der Waals surface area contributed by atoms with Crippen molar-refractivity contribution in [3.05, 3.63) is 0 Å². The molecule has 1 heterocycles. The van der Waals surface area contributed by atoms with E-state index in [1.165, 1.54) is 0 Å². The van der Waals surface area contributed by atoms with Crippen molar-refractivity contribution in [3.63, 3.8) is 0 Å². The first-order valence-electron chi connectivity index (χ1n) is 20.2. The van der Waals surface area contributed by atoms with Crippen LogP contribution in [0.5, 0.6) is 0 Å². The Morgan fingerprint density at radius 2 is 0.319 bits per heavy atom. The summed E-state index contributed by atoms with van der Waals surface area (Å²) in [4.78, 5) is 0. The smallest absolute Gasteiger partial charge is 0.128 e. The maximum Gasteiger partial charge on any atom is 0.128 e. The van der Waals surface area contributed by atoms with Gasteiger partial charge in [-0.1, -0.05) is 92.9 Å². The average molecular weight is 802 g/mol. The summed E-state index contributed by atoms with van der Waals surface area (Å²) < 4.78 is 6.30. The maximum absolute atomic E-state index is 7.11. The molecule has 0 aliphatic carbocycles. The Labute approximate surface area is 435 Å². The second-order valence-electron chi connectivity index (χ2n) is 16.8. The first kappa shape index (κ1) is 50.0. The lowest BCUT2D eigenvalue weighted by atomic mass is 9.55. The Kier molecular flexibility index (Phi) is 12.2. The van der Waals surface area contributed by atoms with E-state index in [2.05, 4.69) is 0 Å². The summed E-state index contributed by atoms with van der Waals surface area (Å²) in [5.74, 6) is 0. The summed E-state index contributed by atoms with van der Waals surface area (Å²) in [6.45, 7) is 0. The highest BCUT2D eigenvalue weighted by atomic mass is 16.3. The highest BCUT2D eigenvalue weighted by Crippen LogP contribution is 2.39. The second kappa shape index (κ2) is 16.8. The fourth-order valence-electron chi connectivity index (χ4n) is 9.68. The fourth-order valence-corrected chi connectivity index (χ4v) is 9.68. The standard InChI is InChI=1S/C42B26O/c43-15-9(23(51)26(54)12-10(15)27(55)36(64)37(65)28(12)56)11-24(52)20(48)7(21(49)25(11)53)1-3-5(18(46)34(62)32(60)16(3)44)2(6-4(1)17(45)33(61)35(63)19(6)47)8-22(50)29(57)13-14-30(58)38(66)39(67)40(68)42(14)69-41(13)31(8)59. The van der Waals surface area contributed by atoms with Crippen LogP contribution in [-0.2, 0) is 0 Å². The highest BCUT2D eigenvalue weighted by Gasteiger charge is 2.31. The molecule has 0 saturated heterocycles. The van der Waals surface area contributed by atoms with E-state index >= 15 is 0 Å². The number of benzene rings is 8. The third-order valence-electron chi connectivity index (χ3n) is 13.4. The lowest BCUT2D eigenvalue weighted by molar-refractivity contribution is 0.675. The van der Waals surface area contributed by atoms with E-state index in [1.807, 2.05) is 0 Å². The minimum Gasteiger partial charge on any atom is -0.457 e. The molecule has 8 aromatic carbocycles. The van der Waals surface area contributed by atoms with Crippen molar-refractivity contribution in [2.24, 2.45) is 0 Å². The van der Waals surface area contributed by atoms with Gasteiger partial charge in [-0.25, -0.2) is 0 Å². The molecule has 0 bridgehead atoms. The summed E-state index contributed by atoms with van der Waals surface area (Å²) in [5.41, 5.74) is -3.85. The number of fused-ring (bicyclic) bond motifs is 6. The highest BCUT2D eigenvalue weighted by molar-refractivity contribution is 6.77. The Bertz CT molecular complexity index is 3860. The van der Waals surface area contributed by atoms with E-state index < -0.39 is 0 Å². The molecular formula is C42B26O. The molecule has 0 fully saturated rings. The molecule has 0 unspecified atom stereocenters. The van der Waals surface area contributed by atoms with Crippen LogP contribution in [0.1, 0.15) is 0 Å². The average Bonchev–Trinajstić information content (AvgIpc) is 3.73. The predicted molar refractivity (Wildman–Crippen MR) is 323 cm³/mol. The van der Waals surface area contributed by atoms with Crippen molar-refractivity contribution in [1.82, 2.24) is 0 Å². The molecule has 1 aromatic heterocycles. The molecule has 0 spiro atoms. The van der Waals surface area contributed by atoms with Crippen LogP contribution in [0.2, 0.25) is 0 Å². The summed E-state index contributed by atoms with van der Waals surface area (Å²) in [7, 11) is 175. The van der Waals surface area contributed by atoms with Gasteiger partial charge in [-0.2, -0.15) is 0 Å². The van der Waals surface area contributed by atoms with Crippen molar-refractivity contribution in [1.29, 1.82) is 0 Å². The maximum atomic E-state index is 7.11. The van der Waals surface area contributed by atoms with E-state index in [0.29, 0.717) is 0 Å². The minimum atomic E-state index is -0.253. The fraction of sp³-hybridized carbons (Fsp3) is 0. The molecule has 0 aliphatic heterocycles. The summed E-state index contributed by atoms with van der Waals surface area (Å²) in [6, 6.07) is 0. The van der Waals surface area contributed by atoms with E-state index in [-0.39, 0.29) is 230 Å². The molecule has 0 atom stereocenters. The van der Waals surface area contributed by atoms with Gasteiger partial charge in [-0.05, 0) is 71.2 Å². The molecule has 52 radical (unpaired) electrons. The monoisotopic (exact) mass is 806 g/mol. The van der Waals surface area contributed by atoms with Crippen molar-refractivity contribution in [2.75, 3.05) is 0 Å². The van der Waals surface area contributed by atoms with Crippen molar-refractivity contribution in [3.8, 4) is 33.4 Å². The topological polar surface area (TPSA) is 13.1 Å². The molecule has 0 aliphatic rings. The molecule has 9 aromatic rings. The first-order valence-corrected chi connectivity index (χ1v) is 20.2. The van der Waals surface area contributed by atoms with Crippen LogP contribution >= 0.6 is 0 Å². The molecule has 27 heteroatoms. The van der Waals surface area contributed by atoms with Gasteiger partial charge in [0.25, 0.3) is 0 Å². The molecule has 0 N–H and O–H groups in total. The second-order valence-corrected chi connectivity index (χ2v) is 16.8. The van der Waals surface area contributed by atoms with Crippen molar-refractivity contribution < 1.29 is 4.42 Å². The Hall–Kier alpha value is -3.97. The van der Waals surface area contributed by atoms with E-state index in [1.54, 1.807) is 0 Å². The minimum absolute atomic E-state index is 0.00140. The van der Waals surface area contributed by atoms with Gasteiger partial charge in [0, 0.05) is 10.8 Å². The summed E-state index contributed by atoms with van der Waals surface area (Å²) in [6.07, 6.45) is 0. The normalized spacial score (nSPS) is 11.8. The van der Waals surface area contributed by atoms with Gasteiger partial charge < -0.3 is 4.42 Å². The van der Waals surface area contributed by atoms with Crippen LogP contribution in [0.25, 0.3) is 87.6 Å². The van der Waals surface area contributed by atoms with Gasteiger partial charge in [-0.15, -0.1) is 43.7 Å². The lowest BCUT2D eigenvalue weighted by Gasteiger charge is -2.33. The van der Waals surface area contributed by atoms with Gasteiger partial charge >= 0.3 is 0 Å². The van der Waals surface area contributed by atoms with Gasteiger partial charge in [-0.3, -0.25) is 0 Å². The van der Waals surface area contributed by atoms with Crippen LogP contribution in [-0.4, -0.2) is 204 Å². The third kappa shape index (κ3) is 6.41. The molecule has 1 nitrogen and oxygen atoms in total. The van der Waals surface area contributed by atoms with Gasteiger partial charge in [0.15, 0.2) is 0 Å². The van der Waals surface area contributed by atoms with Crippen LogP contribution in [0.15, 0.2) is 4.42 Å². The lowest BCUT2D eigenvalue weighted by Crippen LogP contribution is -2.53. The SMILES string of the molecule is [B]c1c([B])c(-c2c3c([B])c([B])c([B])c([B])c3c(-c3c([B])c([B])c4c(oc5c([B])c([B])c([B])c([B])c54)c3[B])c3c([B])c([B])c([B])c([B])c23)c([B])c([B])c1-c1c([B])c([B])c2c([B])c([B])c([B])c([B])c2c1[B]. The molecular weight excluding hydrogens is 802 g/mol. The number of furan rings is 1. The Balaban J connectivity index is 1.52. The van der Waals surface area contributed by atoms with Crippen LogP contribution in [0.3, 0.4) is 0 Å². The van der Waals surface area contributed by atoms with Crippen LogP contribution in [0, 0.1) is 0 Å². The Morgan fingerprint density at radius 1 is 0.130 bits per heavy atom. The number of rotatable bonds is 3. The van der Waals surface area contributed by atoms with Crippen molar-refractivity contribution >= 4 is 400 Å². The van der Waals surface area contributed by atoms with Gasteiger partial charge in [0.05, 0.1) is 0 Å². The number of hydrogen-bond donors (Lipinski definition) is 0. The summed E-state index contributed by atoms with van der Waals surface area (Å²) in [5, 5.41) is 0.539. The van der Waals surface area contributed by atoms with E-state index in [9.17, 15) is 0 Å². The zero-order chi connectivity index (χ0) is 51.0. The van der Waals surface area contributed by atoms with E-state index in [0.717, 1.165) is 0 Å². The van der Waals surface area contributed by atoms with E-state index in [4.69, 9.17) is 208 Å². The quantitative estimate of drug-likeness (QED) is 0.128. The molecule has 69 heavy (non-hydrogen) atoms. The van der Waals surface area contributed by atoms with Crippen LogP contribution < -0.4 is 142 Å². The first-order chi connectivity index (χ1) is 32.2. The zero-order valence-corrected chi connectivity index (χ0v) is 36.4.